The summed E-state index contributed by atoms with van der Waals surface area (Å²) in [5.74, 6) is -1.49. The second-order valence-electron chi connectivity index (χ2n) is 9.54. The molecule has 1 aliphatic heterocycles. The molecule has 1 saturated heterocycles. The van der Waals surface area contributed by atoms with Crippen LogP contribution < -0.4 is 45.3 Å². The van der Waals surface area contributed by atoms with E-state index < -0.39 is 5.97 Å². The van der Waals surface area contributed by atoms with Crippen molar-refractivity contribution in [1.82, 2.24) is 9.88 Å². The van der Waals surface area contributed by atoms with Crippen molar-refractivity contribution in [3.8, 4) is 0 Å². The van der Waals surface area contributed by atoms with Crippen LogP contribution in [0.3, 0.4) is 0 Å². The average Bonchev–Trinajstić information content (AvgIpc) is 2.87. The summed E-state index contributed by atoms with van der Waals surface area (Å²) in [6, 6.07) is 18.4. The number of pyridine rings is 1. The van der Waals surface area contributed by atoms with Gasteiger partial charge in [-0.15, -0.1) is 0 Å². The zero-order valence-electron chi connectivity index (χ0n) is 22.1. The fourth-order valence-electron chi connectivity index (χ4n) is 4.59. The number of carbonyl (C=O) groups is 3. The summed E-state index contributed by atoms with van der Waals surface area (Å²) in [5, 5.41) is 16.5. The molecule has 38 heavy (non-hydrogen) atoms. The minimum atomic E-state index is -1.07. The van der Waals surface area contributed by atoms with Crippen LogP contribution in [-0.2, 0) is 16.1 Å². The molecule has 1 fully saturated rings. The normalized spacial score (nSPS) is 15.8. The molecule has 4 rings (SSSR count). The number of nitrogens with zero attached hydrogens (tertiary/aromatic N) is 2. The fourth-order valence-corrected chi connectivity index (χ4v) is 4.59. The smallest absolute Gasteiger partial charge is 0.550 e. The number of carbonyl (C=O) groups excluding carboxylic acids is 3. The maximum Gasteiger partial charge on any atom is 1.00 e. The van der Waals surface area contributed by atoms with E-state index in [2.05, 4.69) is 15.6 Å². The van der Waals surface area contributed by atoms with Crippen LogP contribution in [0.15, 0.2) is 66.9 Å². The molecule has 0 radical (unpaired) electrons. The Morgan fingerprint density at radius 1 is 1.08 bits per heavy atom. The number of rotatable bonds is 8. The van der Waals surface area contributed by atoms with Gasteiger partial charge in [0.15, 0.2) is 0 Å². The van der Waals surface area contributed by atoms with Crippen molar-refractivity contribution in [3.05, 3.63) is 89.2 Å². The second-order valence-corrected chi connectivity index (χ2v) is 9.54. The molecule has 1 aromatic heterocycles. The molecule has 0 saturated carbocycles. The van der Waals surface area contributed by atoms with Crippen molar-refractivity contribution in [2.24, 2.45) is 0 Å². The number of urea groups is 1. The number of nitrogens with one attached hydrogen (secondary N) is 2. The summed E-state index contributed by atoms with van der Waals surface area (Å²) in [7, 11) is 0. The number of para-hydroxylation sites is 1. The fraction of sp³-hybridized carbons (Fsp3) is 0.310. The SMILES string of the molecule is Cc1ccccc1NC(=O)Nc1ccc(C2CCCN(Cc3ccc([C@@H](C)CC(=O)[O-])cc3)C2=O)nc1.[Na+]. The monoisotopic (exact) mass is 522 g/mol. The number of benzene rings is 2. The largest absolute Gasteiger partial charge is 1.00 e. The maximum absolute atomic E-state index is 13.3. The summed E-state index contributed by atoms with van der Waals surface area (Å²) >= 11 is 0. The number of amides is 3. The molecule has 0 bridgehead atoms. The van der Waals surface area contributed by atoms with E-state index in [1.165, 1.54) is 0 Å². The number of hydrogen-bond acceptors (Lipinski definition) is 5. The Labute approximate surface area is 245 Å². The van der Waals surface area contributed by atoms with Gasteiger partial charge in [0.1, 0.15) is 0 Å². The van der Waals surface area contributed by atoms with Gasteiger partial charge in [-0.25, -0.2) is 4.79 Å². The van der Waals surface area contributed by atoms with Crippen molar-refractivity contribution < 1.29 is 49.0 Å². The third-order valence-electron chi connectivity index (χ3n) is 6.72. The first-order valence-electron chi connectivity index (χ1n) is 12.5. The maximum atomic E-state index is 13.3. The van der Waals surface area contributed by atoms with E-state index >= 15 is 0 Å². The van der Waals surface area contributed by atoms with Crippen molar-refractivity contribution in [2.75, 3.05) is 17.2 Å². The number of piperidine rings is 1. The van der Waals surface area contributed by atoms with E-state index in [-0.39, 0.29) is 59.8 Å². The summed E-state index contributed by atoms with van der Waals surface area (Å²) in [4.78, 5) is 42.8. The summed E-state index contributed by atoms with van der Waals surface area (Å²) in [6.45, 7) is 4.94. The summed E-state index contributed by atoms with van der Waals surface area (Å²) < 4.78 is 0. The molecule has 8 nitrogen and oxygen atoms in total. The molecule has 2 heterocycles. The van der Waals surface area contributed by atoms with Gasteiger partial charge >= 0.3 is 35.6 Å². The molecule has 3 amide bonds. The molecule has 9 heteroatoms. The number of aryl methyl sites for hydroxylation is 1. The molecule has 0 aliphatic carbocycles. The van der Waals surface area contributed by atoms with Crippen molar-refractivity contribution >= 4 is 29.3 Å². The van der Waals surface area contributed by atoms with E-state index in [0.29, 0.717) is 24.5 Å². The molecule has 2 aromatic carbocycles. The van der Waals surface area contributed by atoms with Gasteiger partial charge in [0.05, 0.1) is 23.5 Å². The van der Waals surface area contributed by atoms with Crippen LogP contribution in [-0.4, -0.2) is 34.3 Å². The zero-order chi connectivity index (χ0) is 26.4. The van der Waals surface area contributed by atoms with Gasteiger partial charge in [0.2, 0.25) is 5.91 Å². The Balaban J connectivity index is 0.00000400. The van der Waals surface area contributed by atoms with Gasteiger partial charge in [-0.2, -0.15) is 0 Å². The molecule has 192 valence electrons. The standard InChI is InChI=1S/C29H32N4O4.Na/c1-19-6-3-4-8-25(19)32-29(37)31-23-13-14-26(30-17-23)24-7-5-15-33(28(24)36)18-21-9-11-22(12-10-21)20(2)16-27(34)35;/h3-4,6,8-14,17,20,24H,5,7,15-16,18H2,1-2H3,(H,34,35)(H2,31,32,37);/q;+1/p-1/t20-,24?;/m0./s1. The quantitative estimate of drug-likeness (QED) is 0.432. The van der Waals surface area contributed by atoms with Crippen LogP contribution in [0.4, 0.5) is 16.2 Å². The molecule has 2 N–H and O–H groups in total. The molecule has 1 aliphatic rings. The molecular weight excluding hydrogens is 491 g/mol. The first kappa shape index (κ1) is 29.4. The van der Waals surface area contributed by atoms with Crippen LogP contribution in [0.2, 0.25) is 0 Å². The Hall–Kier alpha value is -3.20. The predicted octanol–water partition coefficient (Wildman–Crippen LogP) is 1.19. The number of aromatic nitrogens is 1. The molecular formula is C29H31N4NaO4. The molecule has 0 spiro atoms. The van der Waals surface area contributed by atoms with E-state index in [1.54, 1.807) is 18.3 Å². The third kappa shape index (κ3) is 7.66. The summed E-state index contributed by atoms with van der Waals surface area (Å²) in [5.41, 5.74) is 4.85. The molecule has 1 unspecified atom stereocenters. The predicted molar refractivity (Wildman–Crippen MR) is 140 cm³/mol. The van der Waals surface area contributed by atoms with Gasteiger partial charge in [-0.1, -0.05) is 49.4 Å². The van der Waals surface area contributed by atoms with Gasteiger partial charge in [0.25, 0.3) is 0 Å². The van der Waals surface area contributed by atoms with Gasteiger partial charge in [0, 0.05) is 24.7 Å². The number of aliphatic carboxylic acids is 1. The van der Waals surface area contributed by atoms with Crippen LogP contribution >= 0.6 is 0 Å². The number of anilines is 2. The first-order chi connectivity index (χ1) is 17.8. The van der Waals surface area contributed by atoms with Gasteiger partial charge in [-0.05, 0) is 67.0 Å². The Bertz CT molecular complexity index is 1260. The minimum absolute atomic E-state index is 0. The average molecular weight is 523 g/mol. The van der Waals surface area contributed by atoms with E-state index in [9.17, 15) is 19.5 Å². The zero-order valence-corrected chi connectivity index (χ0v) is 24.1. The van der Waals surface area contributed by atoms with E-state index in [1.807, 2.05) is 67.3 Å². The Morgan fingerprint density at radius 2 is 1.82 bits per heavy atom. The van der Waals surface area contributed by atoms with Gasteiger partial charge in [-0.3, -0.25) is 9.78 Å². The van der Waals surface area contributed by atoms with E-state index in [4.69, 9.17) is 0 Å². The van der Waals surface area contributed by atoms with Crippen LogP contribution in [0.5, 0.6) is 0 Å². The number of carboxylic acids is 1. The first-order valence-corrected chi connectivity index (χ1v) is 12.5. The Morgan fingerprint density at radius 3 is 2.47 bits per heavy atom. The molecule has 2 atom stereocenters. The van der Waals surface area contributed by atoms with Crippen molar-refractivity contribution in [2.45, 2.75) is 51.5 Å². The Kier molecular flexibility index (Phi) is 10.5. The number of hydrogen-bond donors (Lipinski definition) is 2. The molecule has 3 aromatic rings. The number of likely N-dealkylation sites (tertiary alicyclic amines) is 1. The van der Waals surface area contributed by atoms with Crippen LogP contribution in [0.1, 0.15) is 60.4 Å². The topological polar surface area (TPSA) is 114 Å². The van der Waals surface area contributed by atoms with Gasteiger partial charge < -0.3 is 25.4 Å². The third-order valence-corrected chi connectivity index (χ3v) is 6.72. The van der Waals surface area contributed by atoms with Crippen molar-refractivity contribution in [3.63, 3.8) is 0 Å². The van der Waals surface area contributed by atoms with Crippen LogP contribution in [0.25, 0.3) is 0 Å². The summed E-state index contributed by atoms with van der Waals surface area (Å²) in [6.07, 6.45) is 3.15. The second kappa shape index (κ2) is 13.6. The minimum Gasteiger partial charge on any atom is -0.550 e. The van der Waals surface area contributed by atoms with Crippen molar-refractivity contribution in [1.29, 1.82) is 0 Å². The van der Waals surface area contributed by atoms with E-state index in [0.717, 1.165) is 35.2 Å². The number of carboxylic acid groups (broad SMARTS) is 1. The van der Waals surface area contributed by atoms with Crippen LogP contribution in [0, 0.1) is 6.92 Å².